The number of hydrogen-bond donors (Lipinski definition) is 1. The first kappa shape index (κ1) is 10.9. The zero-order chi connectivity index (χ0) is 10.4. The number of ether oxygens (including phenoxy) is 2. The van der Waals surface area contributed by atoms with Crippen molar-refractivity contribution in [3.63, 3.8) is 0 Å². The summed E-state index contributed by atoms with van der Waals surface area (Å²) in [5.41, 5.74) is 0.552. The van der Waals surface area contributed by atoms with Gasteiger partial charge in [0.1, 0.15) is 5.76 Å². The average molecular weight is 198 g/mol. The van der Waals surface area contributed by atoms with Crippen molar-refractivity contribution in [2.24, 2.45) is 0 Å². The fraction of sp³-hybridized carbons (Fsp3) is 0.500. The van der Waals surface area contributed by atoms with Gasteiger partial charge in [-0.25, -0.2) is 0 Å². The van der Waals surface area contributed by atoms with E-state index in [0.717, 1.165) is 6.29 Å². The summed E-state index contributed by atoms with van der Waals surface area (Å²) in [5, 5.41) is 8.57. The molecule has 0 aromatic carbocycles. The maximum Gasteiger partial charge on any atom is 0.153 e. The highest BCUT2D eigenvalue weighted by Gasteiger charge is 2.16. The van der Waals surface area contributed by atoms with Crippen LogP contribution < -0.4 is 0 Å². The third kappa shape index (κ3) is 2.68. The Morgan fingerprint density at radius 1 is 1.71 bits per heavy atom. The summed E-state index contributed by atoms with van der Waals surface area (Å²) in [5.74, 6) is 0.630. The van der Waals surface area contributed by atoms with E-state index in [1.165, 1.54) is 7.11 Å². The molecule has 0 saturated heterocycles. The molecule has 0 radical (unpaired) electrons. The van der Waals surface area contributed by atoms with Gasteiger partial charge in [0.2, 0.25) is 0 Å². The summed E-state index contributed by atoms with van der Waals surface area (Å²) in [6, 6.07) is 0. The topological polar surface area (TPSA) is 55.8 Å². The van der Waals surface area contributed by atoms with Crippen LogP contribution in [0.5, 0.6) is 0 Å². The Morgan fingerprint density at radius 3 is 3.07 bits per heavy atom. The summed E-state index contributed by atoms with van der Waals surface area (Å²) in [4.78, 5) is 10.6. The van der Waals surface area contributed by atoms with Gasteiger partial charge in [0.15, 0.2) is 6.29 Å². The maximum absolute atomic E-state index is 10.6. The largest absolute Gasteiger partial charge is 0.500 e. The van der Waals surface area contributed by atoms with Gasteiger partial charge >= 0.3 is 0 Å². The lowest BCUT2D eigenvalue weighted by molar-refractivity contribution is -0.104. The summed E-state index contributed by atoms with van der Waals surface area (Å²) < 4.78 is 10.3. The molecule has 0 spiro atoms. The van der Waals surface area contributed by atoms with Gasteiger partial charge < -0.3 is 14.6 Å². The zero-order valence-electron chi connectivity index (χ0n) is 8.10. The molecule has 0 aliphatic heterocycles. The summed E-state index contributed by atoms with van der Waals surface area (Å²) in [7, 11) is 1.53. The van der Waals surface area contributed by atoms with Gasteiger partial charge in [-0.3, -0.25) is 4.79 Å². The molecule has 0 bridgehead atoms. The minimum absolute atomic E-state index is 0.00307. The van der Waals surface area contributed by atoms with Crippen molar-refractivity contribution in [1.82, 2.24) is 0 Å². The number of aliphatic hydroxyl groups is 1. The van der Waals surface area contributed by atoms with Crippen molar-refractivity contribution in [2.75, 3.05) is 20.3 Å². The van der Waals surface area contributed by atoms with E-state index in [1.54, 1.807) is 12.2 Å². The Balaban J connectivity index is 2.57. The fourth-order valence-corrected chi connectivity index (χ4v) is 1.30. The van der Waals surface area contributed by atoms with Crippen LogP contribution >= 0.6 is 0 Å². The van der Waals surface area contributed by atoms with Crippen LogP contribution in [0.2, 0.25) is 0 Å². The highest BCUT2D eigenvalue weighted by molar-refractivity contribution is 5.78. The van der Waals surface area contributed by atoms with Crippen LogP contribution in [-0.2, 0) is 14.3 Å². The Morgan fingerprint density at radius 2 is 2.50 bits per heavy atom. The molecule has 0 fully saturated rings. The lowest BCUT2D eigenvalue weighted by atomic mass is 10.0. The average Bonchev–Trinajstić information content (AvgIpc) is 2.25. The van der Waals surface area contributed by atoms with E-state index in [2.05, 4.69) is 0 Å². The van der Waals surface area contributed by atoms with Crippen LogP contribution in [0, 0.1) is 0 Å². The van der Waals surface area contributed by atoms with Crippen LogP contribution in [-0.4, -0.2) is 37.8 Å². The fourth-order valence-electron chi connectivity index (χ4n) is 1.30. The van der Waals surface area contributed by atoms with Crippen LogP contribution in [0.25, 0.3) is 0 Å². The van der Waals surface area contributed by atoms with E-state index in [0.29, 0.717) is 24.4 Å². The van der Waals surface area contributed by atoms with E-state index in [1.807, 2.05) is 0 Å². The van der Waals surface area contributed by atoms with Crippen molar-refractivity contribution in [3.8, 4) is 0 Å². The van der Waals surface area contributed by atoms with Crippen molar-refractivity contribution in [2.45, 2.75) is 12.5 Å². The second-order valence-electron chi connectivity index (χ2n) is 2.90. The van der Waals surface area contributed by atoms with Gasteiger partial charge in [0.25, 0.3) is 0 Å². The van der Waals surface area contributed by atoms with Crippen molar-refractivity contribution < 1.29 is 19.4 Å². The van der Waals surface area contributed by atoms with Crippen LogP contribution in [0.3, 0.4) is 0 Å². The minimum atomic E-state index is -0.110. The molecule has 1 unspecified atom stereocenters. The smallest absolute Gasteiger partial charge is 0.153 e. The molecule has 0 aromatic rings. The van der Waals surface area contributed by atoms with E-state index in [-0.39, 0.29) is 12.7 Å². The number of allylic oxidation sites excluding steroid dienone is 2. The third-order valence-corrected chi connectivity index (χ3v) is 2.00. The Labute approximate surface area is 82.8 Å². The highest BCUT2D eigenvalue weighted by Crippen LogP contribution is 2.20. The molecule has 1 atom stereocenters. The normalized spacial score (nSPS) is 21.1. The monoisotopic (exact) mass is 198 g/mol. The molecular formula is C10H14O4. The molecule has 14 heavy (non-hydrogen) atoms. The Bertz CT molecular complexity index is 255. The van der Waals surface area contributed by atoms with Crippen LogP contribution in [0.4, 0.5) is 0 Å². The molecule has 0 aromatic heterocycles. The van der Waals surface area contributed by atoms with Crippen molar-refractivity contribution >= 4 is 6.29 Å². The maximum atomic E-state index is 10.6. The SMILES string of the molecule is COC1=C(C=O)C=CC(OCCO)C1. The van der Waals surface area contributed by atoms with Gasteiger partial charge in [0, 0.05) is 6.42 Å². The predicted octanol–water partition coefficient (Wildman–Crippen LogP) is 0.423. The minimum Gasteiger partial charge on any atom is -0.500 e. The molecule has 1 rings (SSSR count). The molecule has 1 N–H and O–H groups in total. The van der Waals surface area contributed by atoms with E-state index in [4.69, 9.17) is 14.6 Å². The molecule has 0 heterocycles. The number of carbonyl (C=O) groups excluding carboxylic acids is 1. The first-order valence-corrected chi connectivity index (χ1v) is 4.44. The highest BCUT2D eigenvalue weighted by atomic mass is 16.5. The molecule has 0 saturated carbocycles. The first-order chi connectivity index (χ1) is 6.81. The van der Waals surface area contributed by atoms with Crippen molar-refractivity contribution in [3.05, 3.63) is 23.5 Å². The number of methoxy groups -OCH3 is 1. The molecule has 78 valence electrons. The Kier molecular flexibility index (Phi) is 4.35. The summed E-state index contributed by atoms with van der Waals surface area (Å²) in [6.45, 7) is 0.291. The molecule has 4 nitrogen and oxygen atoms in total. The number of carbonyl (C=O) groups is 1. The zero-order valence-corrected chi connectivity index (χ0v) is 8.10. The van der Waals surface area contributed by atoms with Gasteiger partial charge in [-0.1, -0.05) is 6.08 Å². The van der Waals surface area contributed by atoms with Crippen LogP contribution in [0.1, 0.15) is 6.42 Å². The summed E-state index contributed by atoms with van der Waals surface area (Å²) in [6.07, 6.45) is 4.67. The van der Waals surface area contributed by atoms with Gasteiger partial charge in [-0.2, -0.15) is 0 Å². The lowest BCUT2D eigenvalue weighted by Crippen LogP contribution is -2.18. The van der Waals surface area contributed by atoms with Gasteiger partial charge in [-0.05, 0) is 6.08 Å². The molecule has 0 amide bonds. The third-order valence-electron chi connectivity index (χ3n) is 2.00. The summed E-state index contributed by atoms with van der Waals surface area (Å²) >= 11 is 0. The van der Waals surface area contributed by atoms with E-state index >= 15 is 0 Å². The quantitative estimate of drug-likeness (QED) is 0.650. The number of rotatable bonds is 5. The number of aliphatic hydroxyl groups excluding tert-OH is 1. The molecule has 1 aliphatic rings. The second kappa shape index (κ2) is 5.57. The van der Waals surface area contributed by atoms with Crippen molar-refractivity contribution in [1.29, 1.82) is 0 Å². The predicted molar refractivity (Wildman–Crippen MR) is 50.7 cm³/mol. The standard InChI is InChI=1S/C10H14O4/c1-13-10-6-9(14-5-4-11)3-2-8(10)7-12/h2-3,7,9,11H,4-6H2,1H3. The second-order valence-corrected chi connectivity index (χ2v) is 2.90. The van der Waals surface area contributed by atoms with Gasteiger partial charge in [-0.15, -0.1) is 0 Å². The van der Waals surface area contributed by atoms with E-state index < -0.39 is 0 Å². The molecule has 4 heteroatoms. The first-order valence-electron chi connectivity index (χ1n) is 4.44. The molecule has 1 aliphatic carbocycles. The van der Waals surface area contributed by atoms with E-state index in [9.17, 15) is 4.79 Å². The lowest BCUT2D eigenvalue weighted by Gasteiger charge is -2.19. The molecular weight excluding hydrogens is 184 g/mol. The number of aldehydes is 1. The Hall–Kier alpha value is -1.13. The number of hydrogen-bond acceptors (Lipinski definition) is 4. The van der Waals surface area contributed by atoms with Crippen LogP contribution in [0.15, 0.2) is 23.5 Å². The van der Waals surface area contributed by atoms with Gasteiger partial charge in [0.05, 0.1) is 32.0 Å².